The van der Waals surface area contributed by atoms with Crippen molar-refractivity contribution in [3.05, 3.63) is 54.1 Å². The highest BCUT2D eigenvalue weighted by atomic mass is 19.1. The van der Waals surface area contributed by atoms with Crippen LogP contribution in [0.25, 0.3) is 22.4 Å². The van der Waals surface area contributed by atoms with Gasteiger partial charge in [0.05, 0.1) is 18.8 Å². The summed E-state index contributed by atoms with van der Waals surface area (Å²) in [5, 5.41) is 7.70. The SMILES string of the molecule is CCCCC(=O)Nc1cc(-c2c(-c3ccc(F)cc3)nn3c2CN(C(=O)CC)CC3)ccn1. The van der Waals surface area contributed by atoms with E-state index < -0.39 is 0 Å². The molecule has 3 heterocycles. The Morgan fingerprint density at radius 1 is 1.09 bits per heavy atom. The van der Waals surface area contributed by atoms with Gasteiger partial charge in [-0.25, -0.2) is 9.37 Å². The van der Waals surface area contributed by atoms with Crippen LogP contribution < -0.4 is 5.32 Å². The Morgan fingerprint density at radius 2 is 1.88 bits per heavy atom. The fraction of sp³-hybridized carbons (Fsp3) is 0.360. The van der Waals surface area contributed by atoms with E-state index in [-0.39, 0.29) is 17.6 Å². The van der Waals surface area contributed by atoms with E-state index in [1.807, 2.05) is 35.6 Å². The third kappa shape index (κ3) is 4.94. The monoisotopic (exact) mass is 449 g/mol. The number of rotatable bonds is 7. The van der Waals surface area contributed by atoms with Crippen LogP contribution in [-0.4, -0.2) is 38.0 Å². The lowest BCUT2D eigenvalue weighted by Gasteiger charge is -2.28. The topological polar surface area (TPSA) is 80.1 Å². The van der Waals surface area contributed by atoms with Crippen LogP contribution in [0.4, 0.5) is 10.2 Å². The van der Waals surface area contributed by atoms with Crippen LogP contribution in [0.5, 0.6) is 0 Å². The Bertz CT molecular complexity index is 1160. The van der Waals surface area contributed by atoms with Crippen LogP contribution in [0, 0.1) is 5.82 Å². The van der Waals surface area contributed by atoms with Gasteiger partial charge in [0.1, 0.15) is 17.3 Å². The summed E-state index contributed by atoms with van der Waals surface area (Å²) >= 11 is 0. The summed E-state index contributed by atoms with van der Waals surface area (Å²) in [4.78, 5) is 30.8. The summed E-state index contributed by atoms with van der Waals surface area (Å²) in [5.41, 5.74) is 4.11. The summed E-state index contributed by atoms with van der Waals surface area (Å²) in [7, 11) is 0. The van der Waals surface area contributed by atoms with Gasteiger partial charge >= 0.3 is 0 Å². The number of halogens is 1. The van der Waals surface area contributed by atoms with Crippen LogP contribution in [0.1, 0.15) is 45.2 Å². The first-order valence-corrected chi connectivity index (χ1v) is 11.4. The van der Waals surface area contributed by atoms with Crippen molar-refractivity contribution in [2.45, 2.75) is 52.6 Å². The van der Waals surface area contributed by atoms with E-state index >= 15 is 0 Å². The summed E-state index contributed by atoms with van der Waals surface area (Å²) in [6.45, 7) is 5.52. The number of carbonyl (C=O) groups is 2. The third-order valence-electron chi connectivity index (χ3n) is 5.83. The molecule has 1 N–H and O–H groups in total. The second-order valence-corrected chi connectivity index (χ2v) is 8.15. The zero-order valence-corrected chi connectivity index (χ0v) is 19.0. The Balaban J connectivity index is 1.77. The Hall–Kier alpha value is -3.55. The number of aromatic nitrogens is 3. The molecule has 0 saturated carbocycles. The van der Waals surface area contributed by atoms with Crippen molar-refractivity contribution in [2.24, 2.45) is 0 Å². The van der Waals surface area contributed by atoms with Gasteiger partial charge in [0, 0.05) is 36.7 Å². The molecule has 8 heteroatoms. The largest absolute Gasteiger partial charge is 0.335 e. The van der Waals surface area contributed by atoms with Gasteiger partial charge in [0.15, 0.2) is 0 Å². The molecule has 3 aromatic rings. The van der Waals surface area contributed by atoms with Gasteiger partial charge in [-0.05, 0) is 48.4 Å². The molecule has 2 aromatic heterocycles. The van der Waals surface area contributed by atoms with Crippen LogP contribution >= 0.6 is 0 Å². The zero-order valence-electron chi connectivity index (χ0n) is 19.0. The average molecular weight is 450 g/mol. The van der Waals surface area contributed by atoms with Crippen LogP contribution in [0.15, 0.2) is 42.6 Å². The fourth-order valence-electron chi connectivity index (χ4n) is 4.06. The third-order valence-corrected chi connectivity index (χ3v) is 5.83. The lowest BCUT2D eigenvalue weighted by atomic mass is 9.98. The summed E-state index contributed by atoms with van der Waals surface area (Å²) in [5.74, 6) is 0.174. The summed E-state index contributed by atoms with van der Waals surface area (Å²) < 4.78 is 15.5. The predicted molar refractivity (Wildman–Crippen MR) is 125 cm³/mol. The second kappa shape index (κ2) is 9.94. The number of nitrogens with zero attached hydrogens (tertiary/aromatic N) is 4. The summed E-state index contributed by atoms with van der Waals surface area (Å²) in [6, 6.07) is 9.93. The minimum Gasteiger partial charge on any atom is -0.335 e. The maximum absolute atomic E-state index is 13.6. The number of hydrogen-bond donors (Lipinski definition) is 1. The molecule has 1 aliphatic heterocycles. The molecule has 0 bridgehead atoms. The van der Waals surface area contributed by atoms with Crippen LogP contribution in [0.3, 0.4) is 0 Å². The van der Waals surface area contributed by atoms with E-state index in [0.717, 1.165) is 35.2 Å². The minimum atomic E-state index is -0.315. The van der Waals surface area contributed by atoms with Crippen molar-refractivity contribution < 1.29 is 14.0 Å². The highest BCUT2D eigenvalue weighted by molar-refractivity contribution is 5.91. The van der Waals surface area contributed by atoms with Crippen molar-refractivity contribution in [1.82, 2.24) is 19.7 Å². The molecule has 1 aromatic carbocycles. The number of hydrogen-bond acceptors (Lipinski definition) is 4. The minimum absolute atomic E-state index is 0.0722. The van der Waals surface area contributed by atoms with Gasteiger partial charge in [0.2, 0.25) is 11.8 Å². The van der Waals surface area contributed by atoms with Crippen LogP contribution in [0.2, 0.25) is 0 Å². The van der Waals surface area contributed by atoms with Gasteiger partial charge in [-0.1, -0.05) is 20.3 Å². The van der Waals surface area contributed by atoms with Crippen molar-refractivity contribution in [3.8, 4) is 22.4 Å². The average Bonchev–Trinajstić information content (AvgIpc) is 3.21. The van der Waals surface area contributed by atoms with E-state index in [9.17, 15) is 14.0 Å². The standard InChI is InChI=1S/C25H28FN5O2/c1-3-5-6-22(32)28-21-15-18(11-12-27-21)24-20-16-30(23(33)4-2)13-14-31(20)29-25(24)17-7-9-19(26)10-8-17/h7-12,15H,3-6,13-14,16H2,1-2H3,(H,27,28,32). The predicted octanol–water partition coefficient (Wildman–Crippen LogP) is 4.63. The molecular weight excluding hydrogens is 421 g/mol. The Kier molecular flexibility index (Phi) is 6.82. The Morgan fingerprint density at radius 3 is 2.61 bits per heavy atom. The molecule has 0 saturated heterocycles. The summed E-state index contributed by atoms with van der Waals surface area (Å²) in [6.07, 6.45) is 4.30. The van der Waals surface area contributed by atoms with Gasteiger partial charge < -0.3 is 10.2 Å². The molecule has 33 heavy (non-hydrogen) atoms. The van der Waals surface area contributed by atoms with E-state index in [4.69, 9.17) is 5.10 Å². The number of fused-ring (bicyclic) bond motifs is 1. The molecule has 0 spiro atoms. The molecule has 4 rings (SSSR count). The highest BCUT2D eigenvalue weighted by Gasteiger charge is 2.27. The van der Waals surface area contributed by atoms with Gasteiger partial charge in [-0.15, -0.1) is 0 Å². The zero-order chi connectivity index (χ0) is 23.4. The first-order chi connectivity index (χ1) is 16.0. The Labute approximate surface area is 192 Å². The molecular formula is C25H28FN5O2. The van der Waals surface area contributed by atoms with E-state index in [2.05, 4.69) is 10.3 Å². The second-order valence-electron chi connectivity index (χ2n) is 8.15. The normalized spacial score (nSPS) is 13.0. The number of carbonyl (C=O) groups excluding carboxylic acids is 2. The molecule has 0 fully saturated rings. The number of amides is 2. The molecule has 0 radical (unpaired) electrons. The highest BCUT2D eigenvalue weighted by Crippen LogP contribution is 2.37. The number of anilines is 1. The first kappa shape index (κ1) is 22.6. The maximum Gasteiger partial charge on any atom is 0.225 e. The first-order valence-electron chi connectivity index (χ1n) is 11.4. The number of unbranched alkanes of at least 4 members (excludes halogenated alkanes) is 1. The van der Waals surface area contributed by atoms with Crippen molar-refractivity contribution >= 4 is 17.6 Å². The lowest BCUT2D eigenvalue weighted by molar-refractivity contribution is -0.132. The number of pyridine rings is 1. The molecule has 2 amide bonds. The number of benzene rings is 1. The van der Waals surface area contributed by atoms with Gasteiger partial charge in [0.25, 0.3) is 0 Å². The quantitative estimate of drug-likeness (QED) is 0.570. The van der Waals surface area contributed by atoms with Crippen molar-refractivity contribution in [1.29, 1.82) is 0 Å². The van der Waals surface area contributed by atoms with E-state index in [1.54, 1.807) is 18.3 Å². The smallest absolute Gasteiger partial charge is 0.225 e. The fourth-order valence-corrected chi connectivity index (χ4v) is 4.06. The molecule has 0 unspecified atom stereocenters. The molecule has 1 aliphatic rings. The van der Waals surface area contributed by atoms with Crippen LogP contribution in [-0.2, 0) is 22.7 Å². The molecule has 7 nitrogen and oxygen atoms in total. The van der Waals surface area contributed by atoms with Crippen molar-refractivity contribution in [2.75, 3.05) is 11.9 Å². The molecule has 0 atom stereocenters. The lowest BCUT2D eigenvalue weighted by Crippen LogP contribution is -2.38. The molecule has 0 aliphatic carbocycles. The molecule has 172 valence electrons. The van der Waals surface area contributed by atoms with E-state index in [0.29, 0.717) is 44.0 Å². The van der Waals surface area contributed by atoms with Gasteiger partial charge in [-0.2, -0.15) is 5.10 Å². The number of nitrogens with one attached hydrogen (secondary N) is 1. The van der Waals surface area contributed by atoms with Crippen molar-refractivity contribution in [3.63, 3.8) is 0 Å². The van der Waals surface area contributed by atoms with E-state index in [1.165, 1.54) is 12.1 Å². The maximum atomic E-state index is 13.6. The van der Waals surface area contributed by atoms with Gasteiger partial charge in [-0.3, -0.25) is 14.3 Å².